The Kier molecular flexibility index (Phi) is 41.0. The van der Waals surface area contributed by atoms with Crippen LogP contribution >= 0.6 is 0 Å². The van der Waals surface area contributed by atoms with Gasteiger partial charge in [0.05, 0.1) is 74.9 Å². The Labute approximate surface area is 619 Å². The van der Waals surface area contributed by atoms with Gasteiger partial charge in [-0.1, -0.05) is 24.3 Å². The second kappa shape index (κ2) is 48.2. The Morgan fingerprint density at radius 3 is 0.933 bits per heavy atom. The number of nitrogens with zero attached hydrogens (tertiary/aromatic N) is 14. The van der Waals surface area contributed by atoms with E-state index in [2.05, 4.69) is 40.0 Å². The van der Waals surface area contributed by atoms with Crippen molar-refractivity contribution in [2.45, 2.75) is 118 Å². The molecule has 2 aliphatic rings. The zero-order valence-electron chi connectivity index (χ0n) is 63.4. The number of nitrogens with two attached hydrogens (primary N) is 1. The maximum Gasteiger partial charge on any atom is 0.320 e. The molecule has 105 heavy (non-hydrogen) atoms. The smallest absolute Gasteiger partial charge is 0.320 e. The molecule has 4 aromatic heterocycles. The number of aliphatic carboxylic acids is 4. The number of amides is 1. The van der Waals surface area contributed by atoms with Crippen molar-refractivity contribution in [3.05, 3.63) is 120 Å². The molecule has 6 rings (SSSR count). The maximum atomic E-state index is 13.1. The summed E-state index contributed by atoms with van der Waals surface area (Å²) >= 11 is 0. The number of carbonyl (C=O) groups is 8. The lowest BCUT2D eigenvalue weighted by Gasteiger charge is -2.34. The van der Waals surface area contributed by atoms with Gasteiger partial charge >= 0.3 is 41.8 Å². The molecule has 31 nitrogen and oxygen atoms in total. The van der Waals surface area contributed by atoms with Gasteiger partial charge in [-0.3, -0.25) is 97.5 Å². The lowest BCUT2D eigenvalue weighted by atomic mass is 10.2. The van der Waals surface area contributed by atoms with E-state index >= 15 is 0 Å². The van der Waals surface area contributed by atoms with Crippen LogP contribution in [0, 0.1) is 0 Å². The van der Waals surface area contributed by atoms with Crippen molar-refractivity contribution >= 4 is 47.7 Å². The van der Waals surface area contributed by atoms with Gasteiger partial charge in [-0.25, -0.2) is 0 Å². The molecule has 6 heterocycles. The molecule has 2 aliphatic heterocycles. The molecular formula is C74H118N16O15. The van der Waals surface area contributed by atoms with Crippen molar-refractivity contribution in [2.24, 2.45) is 5.73 Å². The molecule has 0 atom stereocenters. The molecule has 7 N–H and O–H groups in total. The van der Waals surface area contributed by atoms with Crippen molar-refractivity contribution in [3.8, 4) is 0 Å². The van der Waals surface area contributed by atoms with Gasteiger partial charge in [-0.05, 0) is 111 Å². The minimum absolute atomic E-state index is 0.0647. The summed E-state index contributed by atoms with van der Waals surface area (Å²) in [6.07, 6.45) is 7.27. The van der Waals surface area contributed by atoms with Gasteiger partial charge in [0.25, 0.3) is 0 Å². The van der Waals surface area contributed by atoms with Crippen molar-refractivity contribution < 1.29 is 73.0 Å². The number of carboxylic acid groups (broad SMARTS) is 4. The molecule has 0 radical (unpaired) electrons. The van der Waals surface area contributed by atoms with Gasteiger partial charge in [0.1, 0.15) is 16.8 Å². The quantitative estimate of drug-likeness (QED) is 0.0311. The topological polar surface area (TPSA) is 367 Å². The van der Waals surface area contributed by atoms with E-state index in [1.807, 2.05) is 172 Å². The lowest BCUT2D eigenvalue weighted by Crippen LogP contribution is -2.49. The largest absolute Gasteiger partial charge is 0.481 e. The second-order valence-corrected chi connectivity index (χ2v) is 29.0. The number of ether oxygens (including phenoxy) is 3. The van der Waals surface area contributed by atoms with Crippen LogP contribution in [0.2, 0.25) is 0 Å². The highest BCUT2D eigenvalue weighted by molar-refractivity contribution is 5.78. The van der Waals surface area contributed by atoms with Crippen molar-refractivity contribution in [1.29, 1.82) is 0 Å². The van der Waals surface area contributed by atoms with Crippen LogP contribution < -0.4 is 11.1 Å². The summed E-state index contributed by atoms with van der Waals surface area (Å²) in [6, 6.07) is 23.4. The van der Waals surface area contributed by atoms with Crippen LogP contribution in [0.5, 0.6) is 0 Å². The highest BCUT2D eigenvalue weighted by Gasteiger charge is 2.27. The van der Waals surface area contributed by atoms with Gasteiger partial charge in [-0.2, -0.15) is 0 Å². The van der Waals surface area contributed by atoms with Crippen molar-refractivity contribution in [2.75, 3.05) is 183 Å². The second-order valence-electron chi connectivity index (χ2n) is 29.0. The zero-order valence-corrected chi connectivity index (χ0v) is 63.4. The predicted octanol–water partition coefficient (Wildman–Crippen LogP) is 2.61. The van der Waals surface area contributed by atoms with Gasteiger partial charge in [-0.15, -0.1) is 0 Å². The van der Waals surface area contributed by atoms with E-state index in [9.17, 15) is 53.7 Å². The molecule has 0 aromatic carbocycles. The number of carbonyl (C=O) groups excluding carboxylic acids is 4. The molecule has 31 heteroatoms. The standard InChI is InChI=1S/C31H46N8O7.C29H54N4O8.C14H18N4/c40-28(34-10-12-39(21-26-5-1-3-8-32-26)22-27-6-2-4-9-33-27)23-36-17-19-37(24-30(43)44)15-13-35(11-7-29(41)42)14-16-38(20-18-36)25-31(45)46;1-27(2,3)39-24(36)10-11-30-12-14-32(21-25(37)40-28(4,5)6)18-16-31(20-23(34)35)17-19-33(15-13-30)22-26(38)41-29(7,8)9;15-7-10-18(11-13-5-1-3-8-16-13)12-14-6-2-4-9-17-14/h1-6,8-9H,7,10-25H2,(H,34,40)(H,41,42)(H,43,44)(H,45,46);10-22H2,1-9H3,(H,34,35);1-6,8-9H,7,10-12,15H2. The van der Waals surface area contributed by atoms with Crippen LogP contribution in [0.25, 0.3) is 0 Å². The summed E-state index contributed by atoms with van der Waals surface area (Å²) < 4.78 is 16.5. The van der Waals surface area contributed by atoms with E-state index in [-0.39, 0.29) is 82.5 Å². The zero-order chi connectivity index (χ0) is 77.2. The van der Waals surface area contributed by atoms with E-state index in [1.165, 1.54) is 0 Å². The van der Waals surface area contributed by atoms with E-state index in [4.69, 9.17) is 25.1 Å². The highest BCUT2D eigenvalue weighted by Crippen LogP contribution is 2.14. The number of hydrogen-bond acceptors (Lipinski definition) is 26. The molecule has 0 aliphatic carbocycles. The summed E-state index contributed by atoms with van der Waals surface area (Å²) in [7, 11) is 0. The first-order valence-corrected chi connectivity index (χ1v) is 36.1. The van der Waals surface area contributed by atoms with E-state index in [1.54, 1.807) is 22.2 Å². The maximum absolute atomic E-state index is 13.1. The van der Waals surface area contributed by atoms with Crippen LogP contribution in [-0.2, 0) is 78.7 Å². The van der Waals surface area contributed by atoms with Crippen molar-refractivity contribution in [1.82, 2.24) is 74.3 Å². The number of pyridine rings is 4. The molecule has 2 fully saturated rings. The summed E-state index contributed by atoms with van der Waals surface area (Å²) in [4.78, 5) is 134. The van der Waals surface area contributed by atoms with Crippen LogP contribution in [-0.4, -0.2) is 337 Å². The van der Waals surface area contributed by atoms with E-state index in [0.29, 0.717) is 144 Å². The number of hydrogen-bond donors (Lipinski definition) is 6. The first-order chi connectivity index (χ1) is 49.7. The first kappa shape index (κ1) is 89.3. The Balaban J connectivity index is 0.000000361. The summed E-state index contributed by atoms with van der Waals surface area (Å²) in [5.41, 5.74) is 7.78. The normalized spacial score (nSPS) is 16.1. The van der Waals surface area contributed by atoms with Crippen LogP contribution in [0.1, 0.15) is 97.9 Å². The first-order valence-electron chi connectivity index (χ1n) is 36.1. The Morgan fingerprint density at radius 1 is 0.381 bits per heavy atom. The molecular weight excluding hydrogens is 1350 g/mol. The number of aromatic nitrogens is 4. The third-order valence-electron chi connectivity index (χ3n) is 16.2. The van der Waals surface area contributed by atoms with Crippen molar-refractivity contribution in [3.63, 3.8) is 0 Å². The third-order valence-corrected chi connectivity index (χ3v) is 16.2. The predicted molar refractivity (Wildman–Crippen MR) is 396 cm³/mol. The minimum atomic E-state index is -0.970. The Bertz CT molecular complexity index is 3010. The average Bonchev–Trinajstić information content (AvgIpc) is 0.906. The fourth-order valence-corrected chi connectivity index (χ4v) is 11.2. The molecule has 0 bridgehead atoms. The monoisotopic (exact) mass is 1470 g/mol. The molecule has 0 unspecified atom stereocenters. The summed E-state index contributed by atoms with van der Waals surface area (Å²) in [6.45, 7) is 29.2. The van der Waals surface area contributed by atoms with Crippen LogP contribution in [0.3, 0.4) is 0 Å². The fraction of sp³-hybridized carbons (Fsp3) is 0.622. The summed E-state index contributed by atoms with van der Waals surface area (Å²) in [5, 5.41) is 40.6. The number of rotatable bonds is 31. The molecule has 0 saturated carbocycles. The number of nitrogens with one attached hydrogen (secondary N) is 1. The molecule has 0 spiro atoms. The van der Waals surface area contributed by atoms with Gasteiger partial charge < -0.3 is 55.5 Å². The fourth-order valence-electron chi connectivity index (χ4n) is 11.2. The van der Waals surface area contributed by atoms with E-state index in [0.717, 1.165) is 42.4 Å². The molecule has 4 aromatic rings. The van der Waals surface area contributed by atoms with E-state index < -0.39 is 40.7 Å². The average molecular weight is 1470 g/mol. The number of esters is 3. The molecule has 584 valence electrons. The number of carboxylic acids is 4. The highest BCUT2D eigenvalue weighted by atomic mass is 16.6. The van der Waals surface area contributed by atoms with Gasteiger partial charge in [0.2, 0.25) is 5.91 Å². The van der Waals surface area contributed by atoms with Gasteiger partial charge in [0.15, 0.2) is 0 Å². The molecule has 2 saturated heterocycles. The third kappa shape index (κ3) is 44.5. The minimum Gasteiger partial charge on any atom is -0.481 e. The van der Waals surface area contributed by atoms with Crippen LogP contribution in [0.15, 0.2) is 97.6 Å². The van der Waals surface area contributed by atoms with Gasteiger partial charge in [0, 0.05) is 195 Å². The molecule has 1 amide bonds. The Hall–Kier alpha value is -8.08. The lowest BCUT2D eigenvalue weighted by molar-refractivity contribution is -0.157. The Morgan fingerprint density at radius 2 is 0.657 bits per heavy atom. The summed E-state index contributed by atoms with van der Waals surface area (Å²) in [5.74, 6) is -4.98. The van der Waals surface area contributed by atoms with Crippen LogP contribution in [0.4, 0.5) is 0 Å². The SMILES string of the molecule is CC(C)(C)OC(=O)CCN1CCN(CC(=O)OC(C)(C)C)CCN(CC(=O)O)CCN(CC(=O)OC(C)(C)C)CC1.NCCN(Cc1ccccn1)Cc1ccccn1.O=C(O)CCN1CCN(CC(=O)O)CCN(CC(=O)NCCN(Cc2ccccn2)Cc2ccccn2)CCN(CC(=O)O)CC1.